The second-order valence-corrected chi connectivity index (χ2v) is 8.48. The fourth-order valence-electron chi connectivity index (χ4n) is 4.25. The summed E-state index contributed by atoms with van der Waals surface area (Å²) >= 11 is 0.920. The summed E-state index contributed by atoms with van der Waals surface area (Å²) in [5, 5.41) is 2.40. The highest BCUT2D eigenvalue weighted by Crippen LogP contribution is 2.35. The van der Waals surface area contributed by atoms with Crippen molar-refractivity contribution < 1.29 is 9.22 Å². The van der Waals surface area contributed by atoms with Gasteiger partial charge in [-0.15, -0.1) is 4.33 Å². The molecule has 5 rings (SSSR count). The molecular weight excluding hydrogens is 468 g/mol. The highest BCUT2D eigenvalue weighted by Gasteiger charge is 2.21. The Morgan fingerprint density at radius 2 is 1.82 bits per heavy atom. The molecule has 0 radical (unpaired) electrons. The molecule has 34 heavy (non-hydrogen) atoms. The Morgan fingerprint density at radius 3 is 2.44 bits per heavy atom. The lowest BCUT2D eigenvalue weighted by molar-refractivity contribution is -0.163. The van der Waals surface area contributed by atoms with Crippen LogP contribution in [0.3, 0.4) is 0 Å². The van der Waals surface area contributed by atoms with Gasteiger partial charge in [0.15, 0.2) is 0 Å². The van der Waals surface area contributed by atoms with Crippen LogP contribution >= 0.6 is 25.7 Å². The molecule has 0 saturated heterocycles. The molecule has 1 fully saturated rings. The third kappa shape index (κ3) is 6.32. The van der Waals surface area contributed by atoms with E-state index in [0.29, 0.717) is 6.04 Å². The number of nitrogens with zero attached hydrogens (tertiary/aromatic N) is 5. The Bertz CT molecular complexity index is 1150. The molecule has 0 unspecified atom stereocenters. The largest absolute Gasteiger partial charge is 0.342 e. The van der Waals surface area contributed by atoms with Crippen molar-refractivity contribution in [3.63, 3.8) is 0 Å². The molecule has 8 nitrogen and oxygen atoms in total. The summed E-state index contributed by atoms with van der Waals surface area (Å²) in [7, 11) is 5.17. The lowest BCUT2D eigenvalue weighted by Crippen LogP contribution is -2.17. The third-order valence-electron chi connectivity index (χ3n) is 5.64. The number of rotatable bonds is 5. The van der Waals surface area contributed by atoms with E-state index in [1.165, 1.54) is 48.1 Å². The minimum atomic E-state index is 0. The van der Waals surface area contributed by atoms with Crippen molar-refractivity contribution in [3.8, 4) is 11.4 Å². The van der Waals surface area contributed by atoms with Gasteiger partial charge in [-0.25, -0.2) is 14.9 Å². The number of para-hydroxylation sites is 1. The molecule has 186 valence electrons. The quantitative estimate of drug-likeness (QED) is 0.121. The van der Waals surface area contributed by atoms with Crippen LogP contribution in [-0.2, 0) is 16.3 Å². The maximum atomic E-state index is 5.07. The van der Waals surface area contributed by atoms with Gasteiger partial charge in [-0.1, -0.05) is 44.9 Å². The first-order chi connectivity index (χ1) is 16.1. The second kappa shape index (κ2) is 13.7. The van der Waals surface area contributed by atoms with Gasteiger partial charge in [0.2, 0.25) is 0 Å². The Balaban J connectivity index is 0.000000356. The molecule has 0 bridgehead atoms. The van der Waals surface area contributed by atoms with Gasteiger partial charge in [-0.05, 0) is 31.0 Å². The average Bonchev–Trinajstić information content (AvgIpc) is 3.58. The van der Waals surface area contributed by atoms with Gasteiger partial charge in [0.25, 0.3) is 0 Å². The van der Waals surface area contributed by atoms with Crippen LogP contribution in [0.4, 0.5) is 0 Å². The Labute approximate surface area is 213 Å². The Hall–Kier alpha value is -2.08. The summed E-state index contributed by atoms with van der Waals surface area (Å²) in [5.74, 6) is 5.07. The van der Waals surface area contributed by atoms with Crippen molar-refractivity contribution in [2.75, 3.05) is 14.2 Å². The number of aryl methyl sites for hydroxylation is 1. The van der Waals surface area contributed by atoms with E-state index in [9.17, 15) is 0 Å². The van der Waals surface area contributed by atoms with Gasteiger partial charge in [0, 0.05) is 42.6 Å². The van der Waals surface area contributed by atoms with Crippen molar-refractivity contribution in [1.82, 2.24) is 23.5 Å². The summed E-state index contributed by atoms with van der Waals surface area (Å²) in [4.78, 5) is 13.4. The summed E-state index contributed by atoms with van der Waals surface area (Å²) in [6, 6.07) is 13.5. The van der Waals surface area contributed by atoms with Crippen LogP contribution in [0.1, 0.15) is 45.6 Å². The number of fused-ring (bicyclic) bond motifs is 2. The van der Waals surface area contributed by atoms with E-state index in [0.717, 1.165) is 34.7 Å². The molecule has 1 aliphatic carbocycles. The highest BCUT2D eigenvalue weighted by molar-refractivity contribution is 7.92. The summed E-state index contributed by atoms with van der Waals surface area (Å²) < 4.78 is 10.2. The molecule has 1 aliphatic rings. The average molecular weight is 505 g/mol. The normalized spacial score (nSPS) is 13.4. The van der Waals surface area contributed by atoms with E-state index in [2.05, 4.69) is 78.0 Å². The number of hydrazine groups is 1. The van der Waals surface area contributed by atoms with E-state index in [1.54, 1.807) is 13.4 Å². The van der Waals surface area contributed by atoms with Crippen LogP contribution in [-0.4, -0.2) is 37.7 Å². The van der Waals surface area contributed by atoms with Crippen molar-refractivity contribution in [3.05, 3.63) is 48.9 Å². The van der Waals surface area contributed by atoms with E-state index in [4.69, 9.17) is 5.84 Å². The Kier molecular flexibility index (Phi) is 11.4. The first kappa shape index (κ1) is 28.2. The van der Waals surface area contributed by atoms with Gasteiger partial charge in [0.1, 0.15) is 24.2 Å². The lowest BCUT2D eigenvalue weighted by Gasteiger charge is -2.12. The fourth-order valence-corrected chi connectivity index (χ4v) is 4.40. The van der Waals surface area contributed by atoms with Gasteiger partial charge in [-0.3, -0.25) is 5.84 Å². The van der Waals surface area contributed by atoms with Crippen LogP contribution in [0, 0.1) is 0 Å². The molecule has 2 N–H and O–H groups in total. The predicted molar refractivity (Wildman–Crippen MR) is 146 cm³/mol. The molecular formula is C24H36N6O2S2. The molecule has 0 amide bonds. The van der Waals surface area contributed by atoms with Crippen molar-refractivity contribution in [2.45, 2.75) is 45.6 Å². The number of nitrogens with two attached hydrogens (primary N) is 1. The van der Waals surface area contributed by atoms with Crippen molar-refractivity contribution in [1.29, 1.82) is 0 Å². The van der Waals surface area contributed by atoms with Crippen LogP contribution in [0.15, 0.2) is 48.9 Å². The molecule has 1 aromatic carbocycles. The van der Waals surface area contributed by atoms with Gasteiger partial charge in [0.05, 0.1) is 18.5 Å². The zero-order valence-electron chi connectivity index (χ0n) is 20.6. The molecule has 1 saturated carbocycles. The third-order valence-corrected chi connectivity index (χ3v) is 6.07. The maximum Gasteiger partial charge on any atom is 0.144 e. The molecule has 0 spiro atoms. The van der Waals surface area contributed by atoms with E-state index in [-0.39, 0.29) is 13.5 Å². The molecule has 3 heterocycles. The zero-order chi connectivity index (χ0) is 23.8. The fraction of sp³-hybridized carbons (Fsp3) is 0.417. The predicted octanol–water partition coefficient (Wildman–Crippen LogP) is 5.78. The van der Waals surface area contributed by atoms with Gasteiger partial charge >= 0.3 is 0 Å². The topological polar surface area (TPSA) is 83.4 Å². The van der Waals surface area contributed by atoms with Crippen molar-refractivity contribution >= 4 is 47.7 Å². The summed E-state index contributed by atoms with van der Waals surface area (Å²) in [5.41, 5.74) is 4.47. The minimum Gasteiger partial charge on any atom is -0.342 e. The zero-order valence-corrected chi connectivity index (χ0v) is 22.4. The van der Waals surface area contributed by atoms with Crippen LogP contribution < -0.4 is 5.84 Å². The lowest BCUT2D eigenvalue weighted by atomic mass is 10.2. The first-order valence-corrected chi connectivity index (χ1v) is 12.0. The van der Waals surface area contributed by atoms with Crippen LogP contribution in [0.2, 0.25) is 0 Å². The second-order valence-electron chi connectivity index (χ2n) is 7.62. The van der Waals surface area contributed by atoms with E-state index < -0.39 is 0 Å². The standard InChI is InChI=1S/C20H20N4.C2H8N2O2S.C2H6.H2S/c1-23-17-9-5-2-6-14(17)12-18(23)19-16-10-11-24(15-7-3-4-8-15)20(16)22-13-21-19;1-4(3)7-6-5-2;1-2;/h2,5-6,9-13,15H,3-4,7-8H2,1H3;3H2,1-2H3;1-2H3;1H2. The smallest absolute Gasteiger partial charge is 0.144 e. The van der Waals surface area contributed by atoms with E-state index in [1.807, 2.05) is 13.8 Å². The maximum absolute atomic E-state index is 5.07. The molecule has 4 aromatic rings. The number of aromatic nitrogens is 4. The summed E-state index contributed by atoms with van der Waals surface area (Å²) in [6.07, 6.45) is 9.08. The molecule has 10 heteroatoms. The number of hydrogen-bond acceptors (Lipinski definition) is 7. The monoisotopic (exact) mass is 504 g/mol. The number of benzene rings is 1. The number of hydrogen-bond donors (Lipinski definition) is 1. The SMILES string of the molecule is CC.COOSN(C)N.Cn1c(-c2ncnc3c2ccn3C2CCCC2)cc2ccccc21.S. The molecule has 3 aromatic heterocycles. The Morgan fingerprint density at radius 1 is 1.12 bits per heavy atom. The summed E-state index contributed by atoms with van der Waals surface area (Å²) in [6.45, 7) is 4.00. The van der Waals surface area contributed by atoms with Gasteiger partial charge in [-0.2, -0.15) is 17.9 Å². The first-order valence-electron chi connectivity index (χ1n) is 11.3. The van der Waals surface area contributed by atoms with Crippen molar-refractivity contribution in [2.24, 2.45) is 12.9 Å². The van der Waals surface area contributed by atoms with Crippen LogP contribution in [0.5, 0.6) is 0 Å². The molecule has 0 aliphatic heterocycles. The van der Waals surface area contributed by atoms with Gasteiger partial charge < -0.3 is 9.13 Å². The van der Waals surface area contributed by atoms with Crippen LogP contribution in [0.25, 0.3) is 33.3 Å². The van der Waals surface area contributed by atoms with E-state index >= 15 is 0 Å². The minimum absolute atomic E-state index is 0. The molecule has 0 atom stereocenters. The highest BCUT2D eigenvalue weighted by atomic mass is 32.2.